The minimum Gasteiger partial charge on any atom is -0.391 e. The summed E-state index contributed by atoms with van der Waals surface area (Å²) >= 11 is 0. The van der Waals surface area contributed by atoms with Gasteiger partial charge in [0.05, 0.1) is 23.2 Å². The van der Waals surface area contributed by atoms with Gasteiger partial charge in [-0.1, -0.05) is 26.0 Å². The number of aliphatic hydroxyl groups is 1. The van der Waals surface area contributed by atoms with Crippen LogP contribution in [0.5, 0.6) is 0 Å². The molecule has 1 unspecified atom stereocenters. The fourth-order valence-electron chi connectivity index (χ4n) is 1.76. The first-order chi connectivity index (χ1) is 9.28. The van der Waals surface area contributed by atoms with Crippen LogP contribution in [0.15, 0.2) is 24.3 Å². The number of hydrogen-bond donors (Lipinski definition) is 2. The lowest BCUT2D eigenvalue weighted by molar-refractivity contribution is -0.126. The van der Waals surface area contributed by atoms with Crippen LogP contribution < -0.4 is 5.32 Å². The Morgan fingerprint density at radius 1 is 1.45 bits per heavy atom. The maximum absolute atomic E-state index is 12.3. The minimum atomic E-state index is -0.746. The van der Waals surface area contributed by atoms with Crippen molar-refractivity contribution in [2.24, 2.45) is 5.92 Å². The van der Waals surface area contributed by atoms with Gasteiger partial charge in [-0.2, -0.15) is 5.26 Å². The van der Waals surface area contributed by atoms with Crippen LogP contribution in [-0.2, 0) is 10.2 Å². The van der Waals surface area contributed by atoms with Crippen molar-refractivity contribution in [2.75, 3.05) is 6.54 Å². The molecule has 4 nitrogen and oxygen atoms in total. The number of amides is 1. The molecule has 0 radical (unpaired) electrons. The van der Waals surface area contributed by atoms with Crippen LogP contribution in [0.4, 0.5) is 0 Å². The number of carbonyl (C=O) groups excluding carboxylic acids is 1. The second-order valence-electron chi connectivity index (χ2n) is 5.84. The zero-order chi connectivity index (χ0) is 15.3. The Hall–Kier alpha value is -1.86. The van der Waals surface area contributed by atoms with E-state index in [-0.39, 0.29) is 18.4 Å². The topological polar surface area (TPSA) is 73.1 Å². The first kappa shape index (κ1) is 16.2. The molecular formula is C16H22N2O2. The first-order valence-corrected chi connectivity index (χ1v) is 6.76. The van der Waals surface area contributed by atoms with Gasteiger partial charge in [0.25, 0.3) is 0 Å². The third-order valence-corrected chi connectivity index (χ3v) is 3.52. The average Bonchev–Trinajstić information content (AvgIpc) is 2.43. The third-order valence-electron chi connectivity index (χ3n) is 3.52. The van der Waals surface area contributed by atoms with Gasteiger partial charge in [0, 0.05) is 6.54 Å². The quantitative estimate of drug-likeness (QED) is 0.862. The zero-order valence-electron chi connectivity index (χ0n) is 12.5. The standard InChI is InChI=1S/C16H22N2O2/c1-11(2)14(19)10-18-15(20)16(3,4)13-7-5-6-12(8-13)9-17/h5-8,11,14,19H,10H2,1-4H3,(H,18,20). The second kappa shape index (κ2) is 6.53. The zero-order valence-corrected chi connectivity index (χ0v) is 12.5. The molecule has 1 rings (SSSR count). The highest BCUT2D eigenvalue weighted by Crippen LogP contribution is 2.24. The maximum atomic E-state index is 12.3. The molecule has 0 aliphatic carbocycles. The van der Waals surface area contributed by atoms with E-state index in [1.54, 1.807) is 32.0 Å². The van der Waals surface area contributed by atoms with E-state index in [2.05, 4.69) is 11.4 Å². The minimum absolute atomic E-state index is 0.0975. The molecule has 0 heterocycles. The summed E-state index contributed by atoms with van der Waals surface area (Å²) in [6.45, 7) is 7.65. The van der Waals surface area contributed by atoms with Crippen molar-refractivity contribution in [3.05, 3.63) is 35.4 Å². The van der Waals surface area contributed by atoms with Crippen molar-refractivity contribution in [2.45, 2.75) is 39.2 Å². The van der Waals surface area contributed by atoms with Crippen molar-refractivity contribution in [3.63, 3.8) is 0 Å². The number of benzene rings is 1. The Kier molecular flexibility index (Phi) is 5.29. The van der Waals surface area contributed by atoms with Crippen LogP contribution in [0.25, 0.3) is 0 Å². The predicted molar refractivity (Wildman–Crippen MR) is 78.0 cm³/mol. The maximum Gasteiger partial charge on any atom is 0.230 e. The summed E-state index contributed by atoms with van der Waals surface area (Å²) in [6, 6.07) is 9.10. The van der Waals surface area contributed by atoms with Gasteiger partial charge in [0.2, 0.25) is 5.91 Å². The smallest absolute Gasteiger partial charge is 0.230 e. The van der Waals surface area contributed by atoms with Crippen LogP contribution in [0.2, 0.25) is 0 Å². The SMILES string of the molecule is CC(C)C(O)CNC(=O)C(C)(C)c1cccc(C#N)c1. The summed E-state index contributed by atoms with van der Waals surface area (Å²) < 4.78 is 0. The molecule has 0 aliphatic rings. The van der Waals surface area contributed by atoms with Crippen molar-refractivity contribution in [1.82, 2.24) is 5.32 Å². The van der Waals surface area contributed by atoms with E-state index in [1.165, 1.54) is 0 Å². The van der Waals surface area contributed by atoms with Crippen LogP contribution in [0.1, 0.15) is 38.8 Å². The van der Waals surface area contributed by atoms with Crippen molar-refractivity contribution >= 4 is 5.91 Å². The van der Waals surface area contributed by atoms with E-state index in [1.807, 2.05) is 19.9 Å². The largest absolute Gasteiger partial charge is 0.391 e. The average molecular weight is 274 g/mol. The fourth-order valence-corrected chi connectivity index (χ4v) is 1.76. The van der Waals surface area contributed by atoms with Crippen LogP contribution >= 0.6 is 0 Å². The molecule has 1 amide bonds. The number of nitriles is 1. The Morgan fingerprint density at radius 3 is 2.65 bits per heavy atom. The number of hydrogen-bond acceptors (Lipinski definition) is 3. The second-order valence-corrected chi connectivity index (χ2v) is 5.84. The fraction of sp³-hybridized carbons (Fsp3) is 0.500. The highest BCUT2D eigenvalue weighted by molar-refractivity contribution is 5.87. The summed E-state index contributed by atoms with van der Waals surface area (Å²) in [4.78, 5) is 12.3. The summed E-state index contributed by atoms with van der Waals surface area (Å²) in [7, 11) is 0. The molecular weight excluding hydrogens is 252 g/mol. The summed E-state index contributed by atoms with van der Waals surface area (Å²) in [5, 5.41) is 21.4. The highest BCUT2D eigenvalue weighted by Gasteiger charge is 2.30. The Morgan fingerprint density at radius 2 is 2.10 bits per heavy atom. The molecule has 0 bridgehead atoms. The molecule has 2 N–H and O–H groups in total. The number of aliphatic hydroxyl groups excluding tert-OH is 1. The van der Waals surface area contributed by atoms with Crippen molar-refractivity contribution < 1.29 is 9.90 Å². The lowest BCUT2D eigenvalue weighted by Crippen LogP contribution is -2.44. The third kappa shape index (κ3) is 3.82. The van der Waals surface area contributed by atoms with E-state index >= 15 is 0 Å². The van der Waals surface area contributed by atoms with Gasteiger partial charge in [-0.15, -0.1) is 0 Å². The molecule has 20 heavy (non-hydrogen) atoms. The van der Waals surface area contributed by atoms with E-state index in [0.717, 1.165) is 5.56 Å². The monoisotopic (exact) mass is 274 g/mol. The molecule has 0 spiro atoms. The summed E-state index contributed by atoms with van der Waals surface area (Å²) in [5.41, 5.74) is 0.572. The van der Waals surface area contributed by atoms with Crippen molar-refractivity contribution in [3.8, 4) is 6.07 Å². The summed E-state index contributed by atoms with van der Waals surface area (Å²) in [5.74, 6) is -0.0624. The highest BCUT2D eigenvalue weighted by atomic mass is 16.3. The number of carbonyl (C=O) groups is 1. The van der Waals surface area contributed by atoms with Crippen LogP contribution in [0, 0.1) is 17.2 Å². The summed E-state index contributed by atoms with van der Waals surface area (Å²) in [6.07, 6.45) is -0.555. The van der Waals surface area contributed by atoms with Gasteiger partial charge in [0.15, 0.2) is 0 Å². The molecule has 0 fully saturated rings. The van der Waals surface area contributed by atoms with Gasteiger partial charge in [-0.05, 0) is 37.5 Å². The molecule has 0 saturated carbocycles. The lowest BCUT2D eigenvalue weighted by atomic mass is 9.83. The normalized spacial score (nSPS) is 12.8. The molecule has 1 aromatic carbocycles. The molecule has 0 aromatic heterocycles. The lowest BCUT2D eigenvalue weighted by Gasteiger charge is -2.25. The van der Waals surface area contributed by atoms with Gasteiger partial charge in [-0.25, -0.2) is 0 Å². The molecule has 108 valence electrons. The van der Waals surface area contributed by atoms with Crippen molar-refractivity contribution in [1.29, 1.82) is 5.26 Å². The number of nitrogens with zero attached hydrogens (tertiary/aromatic N) is 1. The molecule has 1 atom stereocenters. The van der Waals surface area contributed by atoms with E-state index in [9.17, 15) is 9.90 Å². The number of nitrogens with one attached hydrogen (secondary N) is 1. The van der Waals surface area contributed by atoms with E-state index in [4.69, 9.17) is 5.26 Å². The van der Waals surface area contributed by atoms with Gasteiger partial charge in [-0.3, -0.25) is 4.79 Å². The van der Waals surface area contributed by atoms with Crippen LogP contribution in [-0.4, -0.2) is 23.7 Å². The van der Waals surface area contributed by atoms with E-state index < -0.39 is 11.5 Å². The van der Waals surface area contributed by atoms with Crippen LogP contribution in [0.3, 0.4) is 0 Å². The Labute approximate surface area is 120 Å². The Balaban J connectivity index is 2.82. The predicted octanol–water partition coefficient (Wildman–Crippen LogP) is 1.97. The molecule has 0 aliphatic heterocycles. The molecule has 4 heteroatoms. The van der Waals surface area contributed by atoms with Gasteiger partial charge >= 0.3 is 0 Å². The molecule has 1 aromatic rings. The van der Waals surface area contributed by atoms with Gasteiger partial charge < -0.3 is 10.4 Å². The first-order valence-electron chi connectivity index (χ1n) is 6.76. The number of rotatable bonds is 5. The Bertz CT molecular complexity index is 515. The van der Waals surface area contributed by atoms with E-state index in [0.29, 0.717) is 5.56 Å². The molecule has 0 saturated heterocycles. The van der Waals surface area contributed by atoms with Gasteiger partial charge in [0.1, 0.15) is 0 Å².